The zero-order chi connectivity index (χ0) is 10.7. The molecule has 1 aliphatic rings. The molecule has 0 N–H and O–H groups in total. The summed E-state index contributed by atoms with van der Waals surface area (Å²) < 4.78 is 5.46. The molecule has 1 aromatic heterocycles. The molecule has 1 aliphatic carbocycles. The van der Waals surface area contributed by atoms with E-state index in [0.717, 1.165) is 18.7 Å². The number of furan rings is 1. The van der Waals surface area contributed by atoms with Gasteiger partial charge in [-0.25, -0.2) is 0 Å². The van der Waals surface area contributed by atoms with Gasteiger partial charge in [0.2, 0.25) is 0 Å². The lowest BCUT2D eigenvalue weighted by atomic mass is 10.2. The summed E-state index contributed by atoms with van der Waals surface area (Å²) >= 11 is 0. The first-order valence-electron chi connectivity index (χ1n) is 5.66. The minimum atomic E-state index is 0.418. The summed E-state index contributed by atoms with van der Waals surface area (Å²) in [5, 5.41) is 0. The minimum absolute atomic E-state index is 0.418. The second-order valence-corrected chi connectivity index (χ2v) is 4.02. The van der Waals surface area contributed by atoms with Gasteiger partial charge in [-0.1, -0.05) is 12.8 Å². The van der Waals surface area contributed by atoms with Crippen LogP contribution in [0.4, 0.5) is 5.88 Å². The van der Waals surface area contributed by atoms with Crippen molar-refractivity contribution in [2.75, 3.05) is 11.4 Å². The normalized spacial score (nSPS) is 16.9. The molecular weight excluding hydrogens is 190 g/mol. The standard InChI is InChI=1S/C12H17NO2/c1-2-13(10-5-3-4-6-10)12-8-7-11(9-14)15-12/h7-10H,2-6H2,1H3. The van der Waals surface area contributed by atoms with Gasteiger partial charge in [0.15, 0.2) is 17.9 Å². The SMILES string of the molecule is CCN(c1ccc(C=O)o1)C1CCCC1. The van der Waals surface area contributed by atoms with Gasteiger partial charge < -0.3 is 9.32 Å². The summed E-state index contributed by atoms with van der Waals surface area (Å²) in [7, 11) is 0. The van der Waals surface area contributed by atoms with Crippen LogP contribution >= 0.6 is 0 Å². The Morgan fingerprint density at radius 2 is 2.20 bits per heavy atom. The summed E-state index contributed by atoms with van der Waals surface area (Å²) in [6, 6.07) is 4.23. The van der Waals surface area contributed by atoms with Crippen LogP contribution in [0.15, 0.2) is 16.5 Å². The second-order valence-electron chi connectivity index (χ2n) is 4.02. The van der Waals surface area contributed by atoms with Crippen LogP contribution in [0.3, 0.4) is 0 Å². The number of aldehydes is 1. The van der Waals surface area contributed by atoms with Crippen molar-refractivity contribution in [3.05, 3.63) is 17.9 Å². The lowest BCUT2D eigenvalue weighted by Crippen LogP contribution is -2.32. The Morgan fingerprint density at radius 1 is 1.47 bits per heavy atom. The second kappa shape index (κ2) is 4.51. The van der Waals surface area contributed by atoms with Crippen molar-refractivity contribution in [1.82, 2.24) is 0 Å². The molecular formula is C12H17NO2. The van der Waals surface area contributed by atoms with Gasteiger partial charge >= 0.3 is 0 Å². The molecule has 15 heavy (non-hydrogen) atoms. The Morgan fingerprint density at radius 3 is 2.73 bits per heavy atom. The Hall–Kier alpha value is -1.25. The van der Waals surface area contributed by atoms with Crippen LogP contribution in [0.1, 0.15) is 43.2 Å². The van der Waals surface area contributed by atoms with Gasteiger partial charge in [0.25, 0.3) is 0 Å². The van der Waals surface area contributed by atoms with E-state index < -0.39 is 0 Å². The molecule has 0 atom stereocenters. The highest BCUT2D eigenvalue weighted by Crippen LogP contribution is 2.28. The largest absolute Gasteiger partial charge is 0.438 e. The van der Waals surface area contributed by atoms with Crippen LogP contribution in [0.25, 0.3) is 0 Å². The van der Waals surface area contributed by atoms with Crippen molar-refractivity contribution in [3.63, 3.8) is 0 Å². The fraction of sp³-hybridized carbons (Fsp3) is 0.583. The number of anilines is 1. The number of hydrogen-bond donors (Lipinski definition) is 0. The number of rotatable bonds is 4. The lowest BCUT2D eigenvalue weighted by molar-refractivity contribution is 0.110. The van der Waals surface area contributed by atoms with E-state index in [0.29, 0.717) is 11.8 Å². The molecule has 2 rings (SSSR count). The molecule has 1 aromatic rings. The number of nitrogens with zero attached hydrogens (tertiary/aromatic N) is 1. The van der Waals surface area contributed by atoms with Crippen LogP contribution < -0.4 is 4.90 Å². The van der Waals surface area contributed by atoms with Gasteiger partial charge in [0.05, 0.1) is 0 Å². The third-order valence-corrected chi connectivity index (χ3v) is 3.12. The number of carbonyl (C=O) groups excluding carboxylic acids is 1. The van der Waals surface area contributed by atoms with E-state index in [2.05, 4.69) is 11.8 Å². The molecule has 1 heterocycles. The average Bonchev–Trinajstić information content (AvgIpc) is 2.89. The summed E-state index contributed by atoms with van der Waals surface area (Å²) in [6.45, 7) is 3.07. The van der Waals surface area contributed by atoms with Gasteiger partial charge in [-0.05, 0) is 25.8 Å². The summed E-state index contributed by atoms with van der Waals surface area (Å²) in [6.07, 6.45) is 5.85. The molecule has 0 aliphatic heterocycles. The van der Waals surface area contributed by atoms with Gasteiger partial charge in [-0.15, -0.1) is 0 Å². The highest BCUT2D eigenvalue weighted by Gasteiger charge is 2.23. The Kier molecular flexibility index (Phi) is 3.09. The zero-order valence-electron chi connectivity index (χ0n) is 9.11. The van der Waals surface area contributed by atoms with E-state index in [1.807, 2.05) is 6.07 Å². The number of hydrogen-bond acceptors (Lipinski definition) is 3. The molecule has 0 radical (unpaired) electrons. The molecule has 1 fully saturated rings. The molecule has 0 amide bonds. The first-order chi connectivity index (χ1) is 7.35. The topological polar surface area (TPSA) is 33.5 Å². The van der Waals surface area contributed by atoms with Crippen molar-refractivity contribution in [1.29, 1.82) is 0 Å². The van der Waals surface area contributed by atoms with E-state index >= 15 is 0 Å². The van der Waals surface area contributed by atoms with Gasteiger partial charge in [0, 0.05) is 18.7 Å². The van der Waals surface area contributed by atoms with E-state index in [1.165, 1.54) is 25.7 Å². The quantitative estimate of drug-likeness (QED) is 0.712. The maximum absolute atomic E-state index is 10.5. The Bertz CT molecular complexity index is 326. The number of carbonyl (C=O) groups is 1. The maximum atomic E-state index is 10.5. The Labute approximate surface area is 90.1 Å². The van der Waals surface area contributed by atoms with Crippen LogP contribution in [0, 0.1) is 0 Å². The molecule has 1 saturated carbocycles. The first-order valence-corrected chi connectivity index (χ1v) is 5.66. The smallest absolute Gasteiger partial charge is 0.196 e. The Balaban J connectivity index is 2.14. The van der Waals surface area contributed by atoms with Gasteiger partial charge in [0.1, 0.15) is 0 Å². The minimum Gasteiger partial charge on any atom is -0.438 e. The molecule has 0 unspecified atom stereocenters. The van der Waals surface area contributed by atoms with E-state index in [9.17, 15) is 4.79 Å². The van der Waals surface area contributed by atoms with E-state index in [4.69, 9.17) is 4.42 Å². The molecule has 0 spiro atoms. The molecule has 0 bridgehead atoms. The fourth-order valence-electron chi connectivity index (χ4n) is 2.37. The van der Waals surface area contributed by atoms with Crippen LogP contribution in [-0.4, -0.2) is 18.9 Å². The van der Waals surface area contributed by atoms with E-state index in [-0.39, 0.29) is 0 Å². The fourth-order valence-corrected chi connectivity index (χ4v) is 2.37. The zero-order valence-corrected chi connectivity index (χ0v) is 9.11. The third kappa shape index (κ3) is 2.06. The van der Waals surface area contributed by atoms with Crippen LogP contribution in [0.2, 0.25) is 0 Å². The summed E-state index contributed by atoms with van der Waals surface area (Å²) in [5.74, 6) is 1.26. The van der Waals surface area contributed by atoms with Crippen LogP contribution in [-0.2, 0) is 0 Å². The highest BCUT2D eigenvalue weighted by atomic mass is 16.4. The highest BCUT2D eigenvalue weighted by molar-refractivity contribution is 5.71. The first kappa shape index (κ1) is 10.3. The molecule has 0 aromatic carbocycles. The lowest BCUT2D eigenvalue weighted by Gasteiger charge is -2.26. The molecule has 0 saturated heterocycles. The summed E-state index contributed by atoms with van der Waals surface area (Å²) in [5.41, 5.74) is 0. The average molecular weight is 207 g/mol. The molecule has 3 nitrogen and oxygen atoms in total. The van der Waals surface area contributed by atoms with Crippen LogP contribution in [0.5, 0.6) is 0 Å². The molecule has 3 heteroatoms. The van der Waals surface area contributed by atoms with Crippen molar-refractivity contribution in [2.24, 2.45) is 0 Å². The predicted molar refractivity (Wildman–Crippen MR) is 59.4 cm³/mol. The third-order valence-electron chi connectivity index (χ3n) is 3.12. The van der Waals surface area contributed by atoms with Gasteiger partial charge in [-0.3, -0.25) is 4.79 Å². The van der Waals surface area contributed by atoms with E-state index in [1.54, 1.807) is 6.07 Å². The van der Waals surface area contributed by atoms with Crippen molar-refractivity contribution >= 4 is 12.2 Å². The van der Waals surface area contributed by atoms with Gasteiger partial charge in [-0.2, -0.15) is 0 Å². The maximum Gasteiger partial charge on any atom is 0.196 e. The summed E-state index contributed by atoms with van der Waals surface area (Å²) in [4.78, 5) is 12.8. The predicted octanol–water partition coefficient (Wildman–Crippen LogP) is 2.86. The van der Waals surface area contributed by atoms with Crippen molar-refractivity contribution in [2.45, 2.75) is 38.6 Å². The van der Waals surface area contributed by atoms with Crippen molar-refractivity contribution < 1.29 is 9.21 Å². The monoisotopic (exact) mass is 207 g/mol. The van der Waals surface area contributed by atoms with Crippen molar-refractivity contribution in [3.8, 4) is 0 Å². The molecule has 82 valence electrons.